The van der Waals surface area contributed by atoms with Crippen LogP contribution in [0.1, 0.15) is 22.4 Å². The van der Waals surface area contributed by atoms with E-state index in [4.69, 9.17) is 21.6 Å². The fraction of sp³-hybridized carbons (Fsp3) is 0.250. The van der Waals surface area contributed by atoms with Gasteiger partial charge in [-0.15, -0.1) is 0 Å². The minimum absolute atomic E-state index is 0.439. The van der Waals surface area contributed by atoms with Crippen LogP contribution in [0.5, 0.6) is 5.75 Å². The summed E-state index contributed by atoms with van der Waals surface area (Å²) in [5.41, 5.74) is 4.26. The zero-order valence-electron chi connectivity index (χ0n) is 12.2. The van der Waals surface area contributed by atoms with Gasteiger partial charge in [0.1, 0.15) is 11.8 Å². The molecule has 1 N–H and O–H groups in total. The molecule has 2 rings (SSSR count). The summed E-state index contributed by atoms with van der Waals surface area (Å²) in [6.45, 7) is 4.52. The van der Waals surface area contributed by atoms with Crippen LogP contribution in [0.25, 0.3) is 0 Å². The average Bonchev–Trinajstić information content (AvgIpc) is 2.47. The van der Waals surface area contributed by atoms with E-state index >= 15 is 0 Å². The molecule has 1 aromatic carbocycles. The molecule has 5 heteroatoms. The minimum atomic E-state index is 0.439. The summed E-state index contributed by atoms with van der Waals surface area (Å²) in [4.78, 5) is 4.43. The van der Waals surface area contributed by atoms with E-state index in [1.807, 2.05) is 26.0 Å². The van der Waals surface area contributed by atoms with Crippen molar-refractivity contribution in [2.75, 3.05) is 12.4 Å². The molecule has 4 nitrogen and oxygen atoms in total. The van der Waals surface area contributed by atoms with Crippen molar-refractivity contribution in [3.8, 4) is 11.8 Å². The molecule has 1 aromatic heterocycles. The van der Waals surface area contributed by atoms with E-state index in [-0.39, 0.29) is 0 Å². The van der Waals surface area contributed by atoms with Gasteiger partial charge in [-0.3, -0.25) is 4.98 Å². The Morgan fingerprint density at radius 2 is 2.14 bits per heavy atom. The highest BCUT2D eigenvalue weighted by atomic mass is 35.5. The first-order valence-electron chi connectivity index (χ1n) is 6.49. The van der Waals surface area contributed by atoms with Gasteiger partial charge in [-0.1, -0.05) is 11.6 Å². The van der Waals surface area contributed by atoms with Crippen molar-refractivity contribution in [3.63, 3.8) is 0 Å². The normalized spacial score (nSPS) is 10.0. The second-order valence-electron chi connectivity index (χ2n) is 4.71. The quantitative estimate of drug-likeness (QED) is 0.932. The topological polar surface area (TPSA) is 57.9 Å². The number of rotatable bonds is 4. The standard InChI is InChI=1S/C16H16ClN3O/c1-10-8-20-15(11(2)16(10)21-3)9-19-13-5-4-12(7-18)14(17)6-13/h4-6,8,19H,9H2,1-3H3. The summed E-state index contributed by atoms with van der Waals surface area (Å²) in [6.07, 6.45) is 1.80. The van der Waals surface area contributed by atoms with E-state index in [0.717, 1.165) is 28.3 Å². The lowest BCUT2D eigenvalue weighted by molar-refractivity contribution is 0.407. The smallest absolute Gasteiger partial charge is 0.128 e. The van der Waals surface area contributed by atoms with Gasteiger partial charge in [0.2, 0.25) is 0 Å². The van der Waals surface area contributed by atoms with Gasteiger partial charge in [0.05, 0.1) is 29.9 Å². The molecule has 0 atom stereocenters. The Balaban J connectivity index is 2.17. The number of hydrogen-bond acceptors (Lipinski definition) is 4. The average molecular weight is 302 g/mol. The van der Waals surface area contributed by atoms with Crippen molar-refractivity contribution in [1.82, 2.24) is 4.98 Å². The van der Waals surface area contributed by atoms with Gasteiger partial charge in [-0.25, -0.2) is 0 Å². The van der Waals surface area contributed by atoms with Gasteiger partial charge in [-0.05, 0) is 32.0 Å². The molecule has 0 bridgehead atoms. The summed E-state index contributed by atoms with van der Waals surface area (Å²) in [5.74, 6) is 0.861. The van der Waals surface area contributed by atoms with Crippen LogP contribution in [0, 0.1) is 25.2 Å². The second-order valence-corrected chi connectivity index (χ2v) is 5.11. The van der Waals surface area contributed by atoms with E-state index < -0.39 is 0 Å². The van der Waals surface area contributed by atoms with Crippen LogP contribution in [0.15, 0.2) is 24.4 Å². The summed E-state index contributed by atoms with van der Waals surface area (Å²) in [5, 5.41) is 12.5. The molecule has 0 fully saturated rings. The number of anilines is 1. The van der Waals surface area contributed by atoms with Crippen LogP contribution < -0.4 is 10.1 Å². The molecule has 0 saturated carbocycles. The Kier molecular flexibility index (Phi) is 4.66. The fourth-order valence-corrected chi connectivity index (χ4v) is 2.37. The third kappa shape index (κ3) is 3.26. The highest BCUT2D eigenvalue weighted by molar-refractivity contribution is 6.32. The molecule has 1 heterocycles. The van der Waals surface area contributed by atoms with Crippen LogP contribution in [-0.2, 0) is 6.54 Å². The minimum Gasteiger partial charge on any atom is -0.496 e. The maximum Gasteiger partial charge on any atom is 0.128 e. The van der Waals surface area contributed by atoms with Crippen molar-refractivity contribution in [2.45, 2.75) is 20.4 Å². The Morgan fingerprint density at radius 3 is 2.76 bits per heavy atom. The van der Waals surface area contributed by atoms with Gasteiger partial charge in [0, 0.05) is 23.0 Å². The van der Waals surface area contributed by atoms with Crippen molar-refractivity contribution >= 4 is 17.3 Å². The van der Waals surface area contributed by atoms with Crippen molar-refractivity contribution in [3.05, 3.63) is 51.8 Å². The van der Waals surface area contributed by atoms with Gasteiger partial charge in [0.25, 0.3) is 0 Å². The number of aryl methyl sites for hydroxylation is 1. The summed E-state index contributed by atoms with van der Waals surface area (Å²) < 4.78 is 5.39. The molecule has 0 saturated heterocycles. The molecular formula is C16H16ClN3O. The van der Waals surface area contributed by atoms with E-state index in [1.165, 1.54) is 0 Å². The van der Waals surface area contributed by atoms with Crippen molar-refractivity contribution in [2.24, 2.45) is 0 Å². The van der Waals surface area contributed by atoms with Gasteiger partial charge in [-0.2, -0.15) is 5.26 Å². The first-order valence-corrected chi connectivity index (χ1v) is 6.87. The number of hydrogen-bond donors (Lipinski definition) is 1. The van der Waals surface area contributed by atoms with Crippen molar-refractivity contribution < 1.29 is 4.74 Å². The van der Waals surface area contributed by atoms with Crippen LogP contribution in [0.3, 0.4) is 0 Å². The van der Waals surface area contributed by atoms with E-state index in [0.29, 0.717) is 17.1 Å². The maximum absolute atomic E-state index is 8.86. The Hall–Kier alpha value is -2.25. The summed E-state index contributed by atoms with van der Waals surface area (Å²) in [7, 11) is 1.66. The van der Waals surface area contributed by atoms with Gasteiger partial charge < -0.3 is 10.1 Å². The number of halogens is 1. The Morgan fingerprint density at radius 1 is 1.38 bits per heavy atom. The number of benzene rings is 1. The molecule has 0 spiro atoms. The molecule has 0 unspecified atom stereocenters. The summed E-state index contributed by atoms with van der Waals surface area (Å²) in [6, 6.07) is 7.29. The number of pyridine rings is 1. The molecule has 0 radical (unpaired) electrons. The zero-order chi connectivity index (χ0) is 15.4. The third-order valence-corrected chi connectivity index (χ3v) is 3.61. The number of aromatic nitrogens is 1. The number of nitrogens with one attached hydrogen (secondary N) is 1. The predicted octanol–water partition coefficient (Wildman–Crippen LogP) is 3.84. The molecule has 21 heavy (non-hydrogen) atoms. The second kappa shape index (κ2) is 6.47. The molecule has 108 valence electrons. The van der Waals surface area contributed by atoms with Crippen LogP contribution in [0.4, 0.5) is 5.69 Å². The Bertz CT molecular complexity index is 707. The molecular weight excluding hydrogens is 286 g/mol. The fourth-order valence-electron chi connectivity index (χ4n) is 2.15. The van der Waals surface area contributed by atoms with E-state index in [9.17, 15) is 0 Å². The number of ether oxygens (including phenoxy) is 1. The van der Waals surface area contributed by atoms with E-state index in [2.05, 4.69) is 10.3 Å². The predicted molar refractivity (Wildman–Crippen MR) is 83.8 cm³/mol. The maximum atomic E-state index is 8.86. The number of methoxy groups -OCH3 is 1. The highest BCUT2D eigenvalue weighted by Crippen LogP contribution is 2.25. The van der Waals surface area contributed by atoms with Gasteiger partial charge >= 0.3 is 0 Å². The lowest BCUT2D eigenvalue weighted by Crippen LogP contribution is -2.06. The lowest BCUT2D eigenvalue weighted by atomic mass is 10.1. The van der Waals surface area contributed by atoms with Crippen LogP contribution in [0.2, 0.25) is 5.02 Å². The molecule has 0 amide bonds. The molecule has 2 aromatic rings. The SMILES string of the molecule is COc1c(C)cnc(CNc2ccc(C#N)c(Cl)c2)c1C. The number of nitrogens with zero attached hydrogens (tertiary/aromatic N) is 2. The number of nitriles is 1. The zero-order valence-corrected chi connectivity index (χ0v) is 13.0. The van der Waals surface area contributed by atoms with Crippen LogP contribution >= 0.6 is 11.6 Å². The molecule has 0 aliphatic carbocycles. The van der Waals surface area contributed by atoms with E-state index in [1.54, 1.807) is 25.4 Å². The first kappa shape index (κ1) is 15.1. The highest BCUT2D eigenvalue weighted by Gasteiger charge is 2.09. The molecule has 0 aliphatic heterocycles. The van der Waals surface area contributed by atoms with Crippen molar-refractivity contribution in [1.29, 1.82) is 5.26 Å². The van der Waals surface area contributed by atoms with Crippen LogP contribution in [-0.4, -0.2) is 12.1 Å². The largest absolute Gasteiger partial charge is 0.496 e. The molecule has 0 aliphatic rings. The third-order valence-electron chi connectivity index (χ3n) is 3.30. The Labute approximate surface area is 129 Å². The monoisotopic (exact) mass is 301 g/mol. The van der Waals surface area contributed by atoms with Gasteiger partial charge in [0.15, 0.2) is 0 Å². The first-order chi connectivity index (χ1) is 10.1. The summed E-state index contributed by atoms with van der Waals surface area (Å²) >= 11 is 6.01. The lowest BCUT2D eigenvalue weighted by Gasteiger charge is -2.13.